The van der Waals surface area contributed by atoms with Gasteiger partial charge in [0.15, 0.2) is 0 Å². The summed E-state index contributed by atoms with van der Waals surface area (Å²) in [5, 5.41) is 3.45. The first-order valence-electron chi connectivity index (χ1n) is 7.39. The van der Waals surface area contributed by atoms with Crippen LogP contribution in [0.4, 0.5) is 11.4 Å². The average molecular weight is 311 g/mol. The van der Waals surface area contributed by atoms with Gasteiger partial charge >= 0.3 is 0 Å². The van der Waals surface area contributed by atoms with Gasteiger partial charge in [-0.05, 0) is 37.0 Å². The summed E-state index contributed by atoms with van der Waals surface area (Å²) in [6.45, 7) is 2.27. The summed E-state index contributed by atoms with van der Waals surface area (Å²) in [5.41, 5.74) is 7.33. The smallest absolute Gasteiger partial charge is 0.242 e. The molecule has 5 nitrogen and oxygen atoms in total. The fourth-order valence-corrected chi connectivity index (χ4v) is 3.77. The van der Waals surface area contributed by atoms with E-state index in [4.69, 9.17) is 5.73 Å². The van der Waals surface area contributed by atoms with Gasteiger partial charge in [-0.25, -0.2) is 12.7 Å². The summed E-state index contributed by atoms with van der Waals surface area (Å²) in [7, 11) is -0.402. The van der Waals surface area contributed by atoms with E-state index in [2.05, 4.69) is 12.2 Å². The lowest BCUT2D eigenvalue weighted by atomic mass is 9.87. The summed E-state index contributed by atoms with van der Waals surface area (Å²) >= 11 is 0. The molecule has 0 radical (unpaired) electrons. The van der Waals surface area contributed by atoms with Crippen molar-refractivity contribution >= 4 is 21.4 Å². The number of hydrogen-bond acceptors (Lipinski definition) is 4. The molecule has 0 spiro atoms. The fraction of sp³-hybridized carbons (Fsp3) is 0.600. The van der Waals surface area contributed by atoms with E-state index in [9.17, 15) is 8.42 Å². The van der Waals surface area contributed by atoms with Crippen LogP contribution in [0.1, 0.15) is 32.6 Å². The van der Waals surface area contributed by atoms with Gasteiger partial charge in [-0.2, -0.15) is 0 Å². The zero-order chi connectivity index (χ0) is 15.6. The van der Waals surface area contributed by atoms with Crippen LogP contribution in [0.5, 0.6) is 0 Å². The molecule has 2 atom stereocenters. The van der Waals surface area contributed by atoms with E-state index < -0.39 is 10.0 Å². The van der Waals surface area contributed by atoms with Crippen LogP contribution in [0.2, 0.25) is 0 Å². The number of nitrogens with two attached hydrogens (primary N) is 1. The van der Waals surface area contributed by atoms with Crippen LogP contribution < -0.4 is 11.1 Å². The molecule has 1 fully saturated rings. The van der Waals surface area contributed by atoms with Crippen molar-refractivity contribution in [2.45, 2.75) is 43.5 Å². The standard InChI is InChI=1S/C15H25N3O2S/c1-11-5-4-6-12(9-11)17-15-8-7-13(10-14(15)16)21(19,20)18(2)3/h7-8,10-12,17H,4-6,9,16H2,1-3H3. The van der Waals surface area contributed by atoms with E-state index in [1.165, 1.54) is 37.3 Å². The van der Waals surface area contributed by atoms with Gasteiger partial charge < -0.3 is 11.1 Å². The lowest BCUT2D eigenvalue weighted by Gasteiger charge is -2.28. The maximum absolute atomic E-state index is 12.1. The topological polar surface area (TPSA) is 75.4 Å². The Bertz CT molecular complexity index is 599. The van der Waals surface area contributed by atoms with Crippen molar-refractivity contribution in [3.8, 4) is 0 Å². The monoisotopic (exact) mass is 311 g/mol. The number of nitrogens with one attached hydrogen (secondary N) is 1. The average Bonchev–Trinajstić information content (AvgIpc) is 2.41. The number of nitrogen functional groups attached to an aromatic ring is 1. The Morgan fingerprint density at radius 3 is 2.57 bits per heavy atom. The maximum Gasteiger partial charge on any atom is 0.242 e. The van der Waals surface area contributed by atoms with Gasteiger partial charge in [0, 0.05) is 20.1 Å². The molecular formula is C15H25N3O2S. The largest absolute Gasteiger partial charge is 0.397 e. The van der Waals surface area contributed by atoms with E-state index >= 15 is 0 Å². The number of nitrogens with zero attached hydrogens (tertiary/aromatic N) is 1. The molecule has 0 heterocycles. The van der Waals surface area contributed by atoms with Crippen molar-refractivity contribution < 1.29 is 8.42 Å². The van der Waals surface area contributed by atoms with E-state index in [0.29, 0.717) is 11.7 Å². The second kappa shape index (κ2) is 6.23. The number of rotatable bonds is 4. The summed E-state index contributed by atoms with van der Waals surface area (Å²) in [4.78, 5) is 0.229. The van der Waals surface area contributed by atoms with Gasteiger partial charge in [-0.1, -0.05) is 19.8 Å². The van der Waals surface area contributed by atoms with E-state index in [-0.39, 0.29) is 4.90 Å². The Balaban J connectivity index is 2.16. The fourth-order valence-electron chi connectivity index (χ4n) is 2.83. The summed E-state index contributed by atoms with van der Waals surface area (Å²) in [6.07, 6.45) is 4.79. The highest BCUT2D eigenvalue weighted by atomic mass is 32.2. The lowest BCUT2D eigenvalue weighted by Crippen LogP contribution is -2.27. The zero-order valence-corrected chi connectivity index (χ0v) is 13.8. The maximum atomic E-state index is 12.1. The number of sulfonamides is 1. The van der Waals surface area contributed by atoms with Gasteiger partial charge in [0.05, 0.1) is 16.3 Å². The molecule has 3 N–H and O–H groups in total. The molecule has 21 heavy (non-hydrogen) atoms. The van der Waals surface area contributed by atoms with Crippen molar-refractivity contribution in [1.29, 1.82) is 0 Å². The van der Waals surface area contributed by atoms with E-state index in [1.807, 2.05) is 0 Å². The minimum atomic E-state index is -3.43. The van der Waals surface area contributed by atoms with Crippen LogP contribution in [-0.4, -0.2) is 32.9 Å². The van der Waals surface area contributed by atoms with Gasteiger partial charge in [0.25, 0.3) is 0 Å². The third-order valence-electron chi connectivity index (χ3n) is 4.10. The first-order chi connectivity index (χ1) is 9.80. The van der Waals surface area contributed by atoms with Gasteiger partial charge in [-0.3, -0.25) is 0 Å². The van der Waals surface area contributed by atoms with E-state index in [1.54, 1.807) is 12.1 Å². The zero-order valence-electron chi connectivity index (χ0n) is 13.0. The predicted molar refractivity (Wildman–Crippen MR) is 86.8 cm³/mol. The molecule has 2 rings (SSSR count). The lowest BCUT2D eigenvalue weighted by molar-refractivity contribution is 0.359. The highest BCUT2D eigenvalue weighted by Gasteiger charge is 2.21. The van der Waals surface area contributed by atoms with Crippen LogP contribution >= 0.6 is 0 Å². The Morgan fingerprint density at radius 1 is 1.29 bits per heavy atom. The van der Waals surface area contributed by atoms with Crippen molar-refractivity contribution in [2.24, 2.45) is 5.92 Å². The van der Waals surface area contributed by atoms with Gasteiger partial charge in [0.2, 0.25) is 10.0 Å². The van der Waals surface area contributed by atoms with Crippen LogP contribution in [-0.2, 0) is 10.0 Å². The van der Waals surface area contributed by atoms with Crippen molar-refractivity contribution in [3.05, 3.63) is 18.2 Å². The highest BCUT2D eigenvalue weighted by molar-refractivity contribution is 7.89. The second-order valence-electron chi connectivity index (χ2n) is 6.15. The number of hydrogen-bond donors (Lipinski definition) is 2. The summed E-state index contributed by atoms with van der Waals surface area (Å²) < 4.78 is 25.3. The first kappa shape index (κ1) is 16.1. The molecule has 1 aromatic rings. The van der Waals surface area contributed by atoms with Gasteiger partial charge in [0.1, 0.15) is 0 Å². The molecule has 0 aromatic heterocycles. The molecule has 6 heteroatoms. The predicted octanol–water partition coefficient (Wildman–Crippen LogP) is 2.51. The van der Waals surface area contributed by atoms with Crippen molar-refractivity contribution in [1.82, 2.24) is 4.31 Å². The molecule has 1 aliphatic carbocycles. The van der Waals surface area contributed by atoms with Crippen LogP contribution in [0.3, 0.4) is 0 Å². The van der Waals surface area contributed by atoms with Crippen molar-refractivity contribution in [3.63, 3.8) is 0 Å². The molecule has 0 aliphatic heterocycles. The highest BCUT2D eigenvalue weighted by Crippen LogP contribution is 2.29. The third-order valence-corrected chi connectivity index (χ3v) is 5.91. The minimum absolute atomic E-state index is 0.229. The Morgan fingerprint density at radius 2 is 2.00 bits per heavy atom. The normalized spacial score (nSPS) is 23.2. The van der Waals surface area contributed by atoms with Crippen LogP contribution in [0, 0.1) is 5.92 Å². The van der Waals surface area contributed by atoms with Crippen LogP contribution in [0.25, 0.3) is 0 Å². The Labute approximate surface area is 127 Å². The second-order valence-corrected chi connectivity index (χ2v) is 8.30. The molecule has 0 amide bonds. The molecular weight excluding hydrogens is 286 g/mol. The number of benzene rings is 1. The molecule has 118 valence electrons. The molecule has 1 aliphatic rings. The minimum Gasteiger partial charge on any atom is -0.397 e. The van der Waals surface area contributed by atoms with Crippen LogP contribution in [0.15, 0.2) is 23.1 Å². The molecule has 2 unspecified atom stereocenters. The first-order valence-corrected chi connectivity index (χ1v) is 8.83. The quantitative estimate of drug-likeness (QED) is 0.838. The third kappa shape index (κ3) is 3.68. The molecule has 0 bridgehead atoms. The molecule has 1 aromatic carbocycles. The Kier molecular flexibility index (Phi) is 4.78. The number of anilines is 2. The summed E-state index contributed by atoms with van der Waals surface area (Å²) in [6, 6.07) is 5.34. The molecule has 1 saturated carbocycles. The molecule has 0 saturated heterocycles. The van der Waals surface area contributed by atoms with Gasteiger partial charge in [-0.15, -0.1) is 0 Å². The Hall–Kier alpha value is -1.27. The summed E-state index contributed by atoms with van der Waals surface area (Å²) in [5.74, 6) is 0.728. The van der Waals surface area contributed by atoms with E-state index in [0.717, 1.165) is 24.4 Å². The van der Waals surface area contributed by atoms with Crippen molar-refractivity contribution in [2.75, 3.05) is 25.1 Å². The SMILES string of the molecule is CC1CCCC(Nc2ccc(S(=O)(=O)N(C)C)cc2N)C1.